The van der Waals surface area contributed by atoms with E-state index in [1.807, 2.05) is 11.4 Å². The van der Waals surface area contributed by atoms with Gasteiger partial charge in [-0.05, 0) is 47.4 Å². The Morgan fingerprint density at radius 2 is 1.97 bits per heavy atom. The molecule has 152 valence electrons. The van der Waals surface area contributed by atoms with E-state index < -0.39 is 35.6 Å². The van der Waals surface area contributed by atoms with E-state index in [0.717, 1.165) is 11.3 Å². The summed E-state index contributed by atoms with van der Waals surface area (Å²) in [5.41, 5.74) is 1.41. The summed E-state index contributed by atoms with van der Waals surface area (Å²) in [5, 5.41) is 9.15. The van der Waals surface area contributed by atoms with Gasteiger partial charge < -0.3 is 5.32 Å². The highest BCUT2D eigenvalue weighted by atomic mass is 32.1. The van der Waals surface area contributed by atoms with Crippen LogP contribution in [0.25, 0.3) is 0 Å². The number of benzene rings is 1. The van der Waals surface area contributed by atoms with Gasteiger partial charge in [-0.15, -0.1) is 0 Å². The van der Waals surface area contributed by atoms with Crippen molar-refractivity contribution in [1.82, 2.24) is 15.5 Å². The predicted octanol–water partition coefficient (Wildman–Crippen LogP) is 1.44. The zero-order valence-corrected chi connectivity index (χ0v) is 16.5. The van der Waals surface area contributed by atoms with E-state index in [9.17, 15) is 24.0 Å². The second-order valence-electron chi connectivity index (χ2n) is 7.65. The van der Waals surface area contributed by atoms with Crippen molar-refractivity contribution in [3.63, 3.8) is 0 Å². The van der Waals surface area contributed by atoms with Crippen LogP contribution < -0.4 is 10.6 Å². The SMILES string of the molecule is O=C1CCC(N2C(=O)c3cccc(C(=O)N[C@@H]4C[C@H]4c4ccsc4)c3C2=O)C(=O)N1. The lowest BCUT2D eigenvalue weighted by Gasteiger charge is -2.27. The molecule has 3 aliphatic rings. The fraction of sp³-hybridized carbons (Fsp3) is 0.286. The Bertz CT molecular complexity index is 1110. The van der Waals surface area contributed by atoms with Crippen molar-refractivity contribution in [1.29, 1.82) is 0 Å². The normalized spacial score (nSPS) is 25.2. The summed E-state index contributed by atoms with van der Waals surface area (Å²) in [4.78, 5) is 63.3. The molecule has 0 radical (unpaired) electrons. The minimum absolute atomic E-state index is 0.0115. The molecular formula is C21H17N3O5S. The lowest BCUT2D eigenvalue weighted by atomic mass is 10.0. The van der Waals surface area contributed by atoms with E-state index in [-0.39, 0.29) is 41.5 Å². The summed E-state index contributed by atoms with van der Waals surface area (Å²) in [6.45, 7) is 0. The van der Waals surface area contributed by atoms with Crippen molar-refractivity contribution in [2.45, 2.75) is 37.3 Å². The molecule has 3 atom stereocenters. The molecule has 2 aliphatic heterocycles. The highest BCUT2D eigenvalue weighted by Crippen LogP contribution is 2.42. The third kappa shape index (κ3) is 2.93. The quantitative estimate of drug-likeness (QED) is 0.723. The summed E-state index contributed by atoms with van der Waals surface area (Å²) in [7, 11) is 0. The number of piperidine rings is 1. The van der Waals surface area contributed by atoms with Crippen LogP contribution >= 0.6 is 11.3 Å². The Balaban J connectivity index is 1.39. The second-order valence-corrected chi connectivity index (χ2v) is 8.43. The van der Waals surface area contributed by atoms with Crippen LogP contribution in [-0.2, 0) is 9.59 Å². The van der Waals surface area contributed by atoms with Gasteiger partial charge in [0.05, 0.1) is 16.7 Å². The molecule has 2 N–H and O–H groups in total. The molecule has 1 aromatic heterocycles. The average Bonchev–Trinajstić information content (AvgIpc) is 3.16. The summed E-state index contributed by atoms with van der Waals surface area (Å²) in [5.74, 6) is -2.57. The topological polar surface area (TPSA) is 113 Å². The number of carbonyl (C=O) groups is 5. The molecule has 3 heterocycles. The Hall–Kier alpha value is -3.33. The number of nitrogens with one attached hydrogen (secondary N) is 2. The Kier molecular flexibility index (Phi) is 4.28. The molecule has 2 fully saturated rings. The highest BCUT2D eigenvalue weighted by Gasteiger charge is 2.47. The molecule has 1 aliphatic carbocycles. The number of imide groups is 2. The van der Waals surface area contributed by atoms with E-state index in [2.05, 4.69) is 16.0 Å². The molecule has 30 heavy (non-hydrogen) atoms. The van der Waals surface area contributed by atoms with Crippen LogP contribution in [0.5, 0.6) is 0 Å². The van der Waals surface area contributed by atoms with Gasteiger partial charge in [-0.2, -0.15) is 11.3 Å². The van der Waals surface area contributed by atoms with Crippen molar-refractivity contribution in [2.75, 3.05) is 0 Å². The minimum atomic E-state index is -1.06. The first-order valence-corrected chi connectivity index (χ1v) is 10.6. The number of hydrogen-bond acceptors (Lipinski definition) is 6. The summed E-state index contributed by atoms with van der Waals surface area (Å²) >= 11 is 1.60. The van der Waals surface area contributed by atoms with Crippen LogP contribution in [0.3, 0.4) is 0 Å². The predicted molar refractivity (Wildman–Crippen MR) is 106 cm³/mol. The Labute approximate surface area is 175 Å². The monoisotopic (exact) mass is 423 g/mol. The van der Waals surface area contributed by atoms with Crippen molar-refractivity contribution >= 4 is 40.9 Å². The van der Waals surface area contributed by atoms with E-state index in [4.69, 9.17) is 0 Å². The molecule has 5 rings (SSSR count). The summed E-state index contributed by atoms with van der Waals surface area (Å²) < 4.78 is 0. The van der Waals surface area contributed by atoms with Gasteiger partial charge >= 0.3 is 0 Å². The van der Waals surface area contributed by atoms with Gasteiger partial charge in [-0.25, -0.2) is 0 Å². The number of hydrogen-bond donors (Lipinski definition) is 2. The lowest BCUT2D eigenvalue weighted by molar-refractivity contribution is -0.136. The van der Waals surface area contributed by atoms with Crippen LogP contribution in [0.1, 0.15) is 61.8 Å². The van der Waals surface area contributed by atoms with Crippen molar-refractivity contribution in [2.24, 2.45) is 0 Å². The molecule has 1 saturated carbocycles. The van der Waals surface area contributed by atoms with Crippen LogP contribution in [0.15, 0.2) is 35.0 Å². The van der Waals surface area contributed by atoms with Gasteiger partial charge in [-0.1, -0.05) is 6.07 Å². The Morgan fingerprint density at radius 3 is 2.70 bits per heavy atom. The molecule has 9 heteroatoms. The number of carbonyl (C=O) groups excluding carboxylic acids is 5. The van der Waals surface area contributed by atoms with Crippen LogP contribution in [0.4, 0.5) is 0 Å². The van der Waals surface area contributed by atoms with Gasteiger partial charge in [-0.3, -0.25) is 34.2 Å². The van der Waals surface area contributed by atoms with E-state index in [1.165, 1.54) is 17.7 Å². The van der Waals surface area contributed by atoms with Crippen LogP contribution in [0, 0.1) is 0 Å². The maximum Gasteiger partial charge on any atom is 0.263 e. The third-order valence-corrected chi connectivity index (χ3v) is 6.49. The van der Waals surface area contributed by atoms with E-state index in [0.29, 0.717) is 0 Å². The van der Waals surface area contributed by atoms with Crippen molar-refractivity contribution in [3.05, 3.63) is 57.3 Å². The molecular weight excluding hydrogens is 406 g/mol. The summed E-state index contributed by atoms with van der Waals surface area (Å²) in [6.07, 6.45) is 0.942. The first-order valence-electron chi connectivity index (χ1n) is 9.63. The average molecular weight is 423 g/mol. The highest BCUT2D eigenvalue weighted by molar-refractivity contribution is 7.08. The first kappa shape index (κ1) is 18.7. The number of fused-ring (bicyclic) bond motifs is 1. The number of amides is 5. The van der Waals surface area contributed by atoms with Crippen LogP contribution in [0.2, 0.25) is 0 Å². The molecule has 1 unspecified atom stereocenters. The maximum atomic E-state index is 13.1. The van der Waals surface area contributed by atoms with Gasteiger partial charge in [0.15, 0.2) is 0 Å². The van der Waals surface area contributed by atoms with Gasteiger partial charge in [0.25, 0.3) is 17.7 Å². The number of thiophene rings is 1. The van der Waals surface area contributed by atoms with Crippen molar-refractivity contribution in [3.8, 4) is 0 Å². The summed E-state index contributed by atoms with van der Waals surface area (Å²) in [6, 6.07) is 5.50. The van der Waals surface area contributed by atoms with Crippen LogP contribution in [-0.4, -0.2) is 46.5 Å². The third-order valence-electron chi connectivity index (χ3n) is 5.79. The van der Waals surface area contributed by atoms with Gasteiger partial charge in [0, 0.05) is 18.4 Å². The molecule has 5 amide bonds. The molecule has 1 aromatic carbocycles. The zero-order chi connectivity index (χ0) is 21.0. The Morgan fingerprint density at radius 1 is 1.13 bits per heavy atom. The smallest absolute Gasteiger partial charge is 0.263 e. The number of rotatable bonds is 4. The fourth-order valence-corrected chi connectivity index (χ4v) is 4.88. The van der Waals surface area contributed by atoms with Crippen molar-refractivity contribution < 1.29 is 24.0 Å². The lowest BCUT2D eigenvalue weighted by Crippen LogP contribution is -2.54. The standard InChI is InChI=1S/C21H17N3O5S/c25-16-5-4-15(19(27)23-16)24-20(28)12-3-1-2-11(17(12)21(24)29)18(26)22-14-8-13(14)10-6-7-30-9-10/h1-3,6-7,9,13-15H,4-5,8H2,(H,22,26)(H,23,25,27)/t13-,14+,15?/m0/s1. The van der Waals surface area contributed by atoms with Gasteiger partial charge in [0.1, 0.15) is 6.04 Å². The second kappa shape index (κ2) is 6.88. The van der Waals surface area contributed by atoms with Gasteiger partial charge in [0.2, 0.25) is 11.8 Å². The first-order chi connectivity index (χ1) is 14.5. The maximum absolute atomic E-state index is 13.1. The minimum Gasteiger partial charge on any atom is -0.349 e. The fourth-order valence-electron chi connectivity index (χ4n) is 4.16. The molecule has 8 nitrogen and oxygen atoms in total. The number of nitrogens with zero attached hydrogens (tertiary/aromatic N) is 1. The largest absolute Gasteiger partial charge is 0.349 e. The molecule has 0 bridgehead atoms. The molecule has 1 saturated heterocycles. The van der Waals surface area contributed by atoms with E-state index >= 15 is 0 Å². The molecule has 2 aromatic rings. The molecule has 0 spiro atoms. The van der Waals surface area contributed by atoms with E-state index in [1.54, 1.807) is 17.4 Å². The zero-order valence-electron chi connectivity index (χ0n) is 15.7.